The van der Waals surface area contributed by atoms with E-state index in [0.29, 0.717) is 25.0 Å². The monoisotopic (exact) mass is 436 g/mol. The summed E-state index contributed by atoms with van der Waals surface area (Å²) in [6.07, 6.45) is 0.909. The molecule has 32 heavy (non-hydrogen) atoms. The van der Waals surface area contributed by atoms with Gasteiger partial charge < -0.3 is 14.8 Å². The van der Waals surface area contributed by atoms with Crippen molar-refractivity contribution in [3.05, 3.63) is 65.2 Å². The molecule has 172 valence electrons. The van der Waals surface area contributed by atoms with Gasteiger partial charge in [0.25, 0.3) is 0 Å². The summed E-state index contributed by atoms with van der Waals surface area (Å²) >= 11 is 0. The van der Waals surface area contributed by atoms with Gasteiger partial charge in [-0.25, -0.2) is 0 Å². The number of hydrogen-bond acceptors (Lipinski definition) is 4. The van der Waals surface area contributed by atoms with E-state index in [1.54, 1.807) is 0 Å². The summed E-state index contributed by atoms with van der Waals surface area (Å²) in [5, 5.41) is 3.26. The van der Waals surface area contributed by atoms with Crippen LogP contribution in [0.2, 0.25) is 0 Å². The van der Waals surface area contributed by atoms with Gasteiger partial charge in [0.15, 0.2) is 0 Å². The number of amides is 1. The van der Waals surface area contributed by atoms with E-state index in [2.05, 4.69) is 60.5 Å². The maximum Gasteiger partial charge on any atom is 0.223 e. The first-order valence-corrected chi connectivity index (χ1v) is 12.0. The minimum atomic E-state index is 0.0560. The smallest absolute Gasteiger partial charge is 0.223 e. The van der Waals surface area contributed by atoms with Crippen molar-refractivity contribution < 1.29 is 14.3 Å². The summed E-state index contributed by atoms with van der Waals surface area (Å²) < 4.78 is 11.2. The van der Waals surface area contributed by atoms with E-state index in [-0.39, 0.29) is 17.9 Å². The number of hydrogen-bond donors (Lipinski definition) is 1. The van der Waals surface area contributed by atoms with Crippen LogP contribution in [0, 0.1) is 5.92 Å². The quantitative estimate of drug-likeness (QED) is 0.629. The fourth-order valence-corrected chi connectivity index (χ4v) is 4.63. The number of carbonyl (C=O) groups is 1. The minimum absolute atomic E-state index is 0.0560. The molecule has 0 radical (unpaired) electrons. The Kier molecular flexibility index (Phi) is 7.48. The third kappa shape index (κ3) is 5.51. The van der Waals surface area contributed by atoms with Crippen LogP contribution >= 0.6 is 0 Å². The van der Waals surface area contributed by atoms with E-state index in [1.807, 2.05) is 19.1 Å². The second-order valence-electron chi connectivity index (χ2n) is 9.18. The summed E-state index contributed by atoms with van der Waals surface area (Å²) in [7, 11) is 0. The number of ether oxygens (including phenoxy) is 2. The molecule has 0 unspecified atom stereocenters. The van der Waals surface area contributed by atoms with Crippen molar-refractivity contribution in [1.82, 2.24) is 10.2 Å². The molecule has 1 N–H and O–H groups in total. The van der Waals surface area contributed by atoms with Gasteiger partial charge in [-0.1, -0.05) is 50.2 Å². The fraction of sp³-hybridized carbons (Fsp3) is 0.519. The Bertz CT molecular complexity index is 890. The molecule has 3 atom stereocenters. The number of rotatable bonds is 9. The molecule has 2 fully saturated rings. The zero-order valence-corrected chi connectivity index (χ0v) is 19.5. The average Bonchev–Trinajstić information content (AvgIpc) is 3.62. The number of carbonyl (C=O) groups excluding carboxylic acids is 1. The number of nitrogens with zero attached hydrogens (tertiary/aromatic N) is 1. The van der Waals surface area contributed by atoms with Gasteiger partial charge in [-0.2, -0.15) is 0 Å². The molecule has 0 spiro atoms. The molecule has 1 saturated carbocycles. The van der Waals surface area contributed by atoms with Crippen LogP contribution in [0.1, 0.15) is 61.8 Å². The molecule has 1 aliphatic carbocycles. The number of benzene rings is 2. The minimum Gasteiger partial charge on any atom is -0.494 e. The van der Waals surface area contributed by atoms with Gasteiger partial charge >= 0.3 is 0 Å². The molecule has 0 bridgehead atoms. The first-order valence-electron chi connectivity index (χ1n) is 12.0. The second kappa shape index (κ2) is 10.5. The van der Waals surface area contributed by atoms with Crippen molar-refractivity contribution in [3.8, 4) is 5.75 Å². The highest BCUT2D eigenvalue weighted by Crippen LogP contribution is 2.48. The molecular weight excluding hydrogens is 400 g/mol. The first-order chi connectivity index (χ1) is 15.6. The van der Waals surface area contributed by atoms with Crippen molar-refractivity contribution in [2.24, 2.45) is 5.92 Å². The van der Waals surface area contributed by atoms with E-state index < -0.39 is 0 Å². The Morgan fingerprint density at radius 2 is 1.84 bits per heavy atom. The van der Waals surface area contributed by atoms with Crippen LogP contribution in [0.4, 0.5) is 0 Å². The van der Waals surface area contributed by atoms with E-state index in [1.165, 1.54) is 16.7 Å². The predicted octanol–water partition coefficient (Wildman–Crippen LogP) is 4.50. The molecule has 0 aromatic heterocycles. The summed E-state index contributed by atoms with van der Waals surface area (Å²) in [4.78, 5) is 15.4. The molecule has 1 amide bonds. The van der Waals surface area contributed by atoms with Gasteiger partial charge in [0.2, 0.25) is 5.91 Å². The highest BCUT2D eigenvalue weighted by atomic mass is 16.5. The maximum absolute atomic E-state index is 13.0. The first kappa shape index (κ1) is 22.8. The second-order valence-corrected chi connectivity index (χ2v) is 9.18. The Morgan fingerprint density at radius 1 is 1.12 bits per heavy atom. The SMILES string of the molecule is CCOc1cccc([C@@H]2C[C@@H]2C(=O)NC[C@@H](c2ccc(C(C)C)cc2)N2CCOCC2)c1. The third-order valence-corrected chi connectivity index (χ3v) is 6.67. The molecular formula is C27H36N2O3. The zero-order valence-electron chi connectivity index (χ0n) is 19.5. The van der Waals surface area contributed by atoms with Crippen LogP contribution in [0.3, 0.4) is 0 Å². The molecule has 5 nitrogen and oxygen atoms in total. The average molecular weight is 437 g/mol. The van der Waals surface area contributed by atoms with Crippen LogP contribution < -0.4 is 10.1 Å². The number of morpholine rings is 1. The molecule has 2 aliphatic rings. The number of nitrogens with one attached hydrogen (secondary N) is 1. The van der Waals surface area contributed by atoms with Gasteiger partial charge in [-0.05, 0) is 54.0 Å². The highest BCUT2D eigenvalue weighted by molar-refractivity contribution is 5.83. The molecule has 4 rings (SSSR count). The lowest BCUT2D eigenvalue weighted by atomic mass is 9.98. The lowest BCUT2D eigenvalue weighted by Crippen LogP contribution is -2.44. The molecule has 1 heterocycles. The van der Waals surface area contributed by atoms with E-state index in [0.717, 1.165) is 38.5 Å². The van der Waals surface area contributed by atoms with Crippen molar-refractivity contribution in [2.75, 3.05) is 39.5 Å². The summed E-state index contributed by atoms with van der Waals surface area (Å²) in [6, 6.07) is 17.2. The van der Waals surface area contributed by atoms with Crippen LogP contribution in [0.25, 0.3) is 0 Å². The van der Waals surface area contributed by atoms with Crippen molar-refractivity contribution >= 4 is 5.91 Å². The molecule has 1 aliphatic heterocycles. The molecule has 2 aromatic carbocycles. The Labute approximate surface area is 192 Å². The standard InChI is InChI=1S/C27H36N2O3/c1-4-32-23-7-5-6-22(16-23)24-17-25(24)27(30)28-18-26(29-12-14-31-15-13-29)21-10-8-20(9-11-21)19(2)3/h5-11,16,19,24-26H,4,12-15,17-18H2,1-3H3,(H,28,30)/t24-,25-,26-/m0/s1. The van der Waals surface area contributed by atoms with Crippen molar-refractivity contribution in [2.45, 2.75) is 45.1 Å². The van der Waals surface area contributed by atoms with Crippen LogP contribution in [-0.4, -0.2) is 50.3 Å². The summed E-state index contributed by atoms with van der Waals surface area (Å²) in [5.74, 6) is 1.91. The zero-order chi connectivity index (χ0) is 22.5. The van der Waals surface area contributed by atoms with Gasteiger partial charge in [0.1, 0.15) is 5.75 Å². The summed E-state index contributed by atoms with van der Waals surface area (Å²) in [6.45, 7) is 11.0. The lowest BCUT2D eigenvalue weighted by molar-refractivity contribution is -0.122. The normalized spacial score (nSPS) is 21.9. The van der Waals surface area contributed by atoms with Crippen molar-refractivity contribution in [1.29, 1.82) is 0 Å². The van der Waals surface area contributed by atoms with Gasteiger partial charge in [0.05, 0.1) is 25.9 Å². The topological polar surface area (TPSA) is 50.8 Å². The van der Waals surface area contributed by atoms with Crippen molar-refractivity contribution in [3.63, 3.8) is 0 Å². The molecule has 5 heteroatoms. The Balaban J connectivity index is 1.39. The molecule has 1 saturated heterocycles. The van der Waals surface area contributed by atoms with Crippen LogP contribution in [0.15, 0.2) is 48.5 Å². The van der Waals surface area contributed by atoms with Gasteiger partial charge in [-0.15, -0.1) is 0 Å². The van der Waals surface area contributed by atoms with Gasteiger partial charge in [-0.3, -0.25) is 9.69 Å². The van der Waals surface area contributed by atoms with Crippen LogP contribution in [-0.2, 0) is 9.53 Å². The van der Waals surface area contributed by atoms with E-state index in [4.69, 9.17) is 9.47 Å². The lowest BCUT2D eigenvalue weighted by Gasteiger charge is -2.35. The largest absolute Gasteiger partial charge is 0.494 e. The maximum atomic E-state index is 13.0. The van der Waals surface area contributed by atoms with E-state index in [9.17, 15) is 4.79 Å². The summed E-state index contributed by atoms with van der Waals surface area (Å²) in [5.41, 5.74) is 3.80. The Morgan fingerprint density at radius 3 is 2.53 bits per heavy atom. The highest BCUT2D eigenvalue weighted by Gasteiger charge is 2.44. The van der Waals surface area contributed by atoms with E-state index >= 15 is 0 Å². The van der Waals surface area contributed by atoms with Gasteiger partial charge in [0, 0.05) is 25.6 Å². The van der Waals surface area contributed by atoms with Crippen LogP contribution in [0.5, 0.6) is 5.75 Å². The third-order valence-electron chi connectivity index (χ3n) is 6.67. The predicted molar refractivity (Wildman–Crippen MR) is 127 cm³/mol. The molecule has 2 aromatic rings. The fourth-order valence-electron chi connectivity index (χ4n) is 4.63. The Hall–Kier alpha value is -2.37.